The molecular formula is C16H24N2. The normalized spacial score (nSPS) is 28.2. The lowest BCUT2D eigenvalue weighted by Crippen LogP contribution is -2.36. The van der Waals surface area contributed by atoms with Crippen molar-refractivity contribution in [2.24, 2.45) is 0 Å². The fraction of sp³-hybridized carbons (Fsp3) is 0.625. The van der Waals surface area contributed by atoms with Crippen LogP contribution in [0.1, 0.15) is 37.2 Å². The lowest BCUT2D eigenvalue weighted by molar-refractivity contribution is 0.229. The smallest absolute Gasteiger partial charge is 0.0143 e. The molecule has 1 N–H and O–H groups in total. The first-order chi connectivity index (χ1) is 8.93. The summed E-state index contributed by atoms with van der Waals surface area (Å²) in [6.07, 6.45) is 5.55. The number of piperidine rings is 1. The molecule has 2 aliphatic rings. The van der Waals surface area contributed by atoms with Crippen LogP contribution in [-0.2, 0) is 0 Å². The van der Waals surface area contributed by atoms with E-state index in [4.69, 9.17) is 0 Å². The molecule has 1 saturated carbocycles. The van der Waals surface area contributed by atoms with Crippen molar-refractivity contribution >= 4 is 0 Å². The fourth-order valence-electron chi connectivity index (χ4n) is 3.08. The SMILES string of the molecule is c1ccc([C@@H]2C[C@H]2NCCN2CCCCC2)cc1. The van der Waals surface area contributed by atoms with Crippen LogP contribution in [0.4, 0.5) is 0 Å². The van der Waals surface area contributed by atoms with Crippen molar-refractivity contribution in [3.8, 4) is 0 Å². The van der Waals surface area contributed by atoms with Gasteiger partial charge in [-0.25, -0.2) is 0 Å². The minimum absolute atomic E-state index is 0.734. The Bertz CT molecular complexity index is 357. The van der Waals surface area contributed by atoms with E-state index in [0.717, 1.165) is 18.5 Å². The maximum atomic E-state index is 3.71. The Labute approximate surface area is 110 Å². The second-order valence-corrected chi connectivity index (χ2v) is 5.72. The number of nitrogens with one attached hydrogen (secondary N) is 1. The molecule has 1 aliphatic heterocycles. The van der Waals surface area contributed by atoms with Gasteiger partial charge in [-0.3, -0.25) is 0 Å². The molecule has 0 spiro atoms. The van der Waals surface area contributed by atoms with E-state index in [1.54, 1.807) is 0 Å². The number of hydrogen-bond acceptors (Lipinski definition) is 2. The van der Waals surface area contributed by atoms with E-state index in [9.17, 15) is 0 Å². The first-order valence-electron chi connectivity index (χ1n) is 7.44. The Hall–Kier alpha value is -0.860. The first kappa shape index (κ1) is 12.2. The highest BCUT2D eigenvalue weighted by molar-refractivity contribution is 5.27. The Kier molecular flexibility index (Phi) is 3.96. The van der Waals surface area contributed by atoms with Crippen molar-refractivity contribution in [3.63, 3.8) is 0 Å². The Morgan fingerprint density at radius 3 is 2.61 bits per heavy atom. The zero-order valence-electron chi connectivity index (χ0n) is 11.1. The van der Waals surface area contributed by atoms with Crippen LogP contribution in [0.2, 0.25) is 0 Å². The van der Waals surface area contributed by atoms with E-state index in [1.807, 2.05) is 0 Å². The van der Waals surface area contributed by atoms with Crippen LogP contribution in [-0.4, -0.2) is 37.1 Å². The average molecular weight is 244 g/mol. The molecule has 1 aromatic carbocycles. The second kappa shape index (κ2) is 5.85. The molecule has 3 rings (SSSR count). The van der Waals surface area contributed by atoms with Gasteiger partial charge in [-0.15, -0.1) is 0 Å². The zero-order valence-corrected chi connectivity index (χ0v) is 11.1. The summed E-state index contributed by atoms with van der Waals surface area (Å²) in [5.74, 6) is 0.771. The first-order valence-corrected chi connectivity index (χ1v) is 7.44. The number of nitrogens with zero attached hydrogens (tertiary/aromatic N) is 1. The number of hydrogen-bond donors (Lipinski definition) is 1. The molecule has 1 heterocycles. The summed E-state index contributed by atoms with van der Waals surface area (Å²) in [4.78, 5) is 2.61. The molecule has 0 unspecified atom stereocenters. The summed E-state index contributed by atoms with van der Waals surface area (Å²) in [5.41, 5.74) is 1.51. The maximum absolute atomic E-state index is 3.71. The third kappa shape index (κ3) is 3.12. The van der Waals surface area contributed by atoms with Gasteiger partial charge < -0.3 is 10.2 Å². The van der Waals surface area contributed by atoms with Crippen LogP contribution in [0, 0.1) is 0 Å². The lowest BCUT2D eigenvalue weighted by Gasteiger charge is -2.26. The topological polar surface area (TPSA) is 15.3 Å². The van der Waals surface area contributed by atoms with Gasteiger partial charge in [-0.1, -0.05) is 36.8 Å². The summed E-state index contributed by atoms with van der Waals surface area (Å²) in [6.45, 7) is 5.02. The molecule has 2 fully saturated rings. The molecule has 2 heteroatoms. The molecule has 0 amide bonds. The van der Waals surface area contributed by atoms with Gasteiger partial charge in [0.2, 0.25) is 0 Å². The van der Waals surface area contributed by atoms with E-state index >= 15 is 0 Å². The summed E-state index contributed by atoms with van der Waals surface area (Å²) >= 11 is 0. The van der Waals surface area contributed by atoms with Gasteiger partial charge in [0, 0.05) is 25.0 Å². The minimum Gasteiger partial charge on any atom is -0.312 e. The molecule has 0 aromatic heterocycles. The predicted molar refractivity (Wildman–Crippen MR) is 75.9 cm³/mol. The van der Waals surface area contributed by atoms with E-state index < -0.39 is 0 Å². The van der Waals surface area contributed by atoms with Gasteiger partial charge in [-0.05, 0) is 37.9 Å². The molecule has 2 atom stereocenters. The molecular weight excluding hydrogens is 220 g/mol. The van der Waals surface area contributed by atoms with Gasteiger partial charge in [-0.2, -0.15) is 0 Å². The molecule has 1 aliphatic carbocycles. The maximum Gasteiger partial charge on any atom is 0.0143 e. The van der Waals surface area contributed by atoms with Crippen molar-refractivity contribution in [2.45, 2.75) is 37.6 Å². The van der Waals surface area contributed by atoms with Gasteiger partial charge in [0.05, 0.1) is 0 Å². The standard InChI is InChI=1S/C16H24N2/c1-3-7-14(8-4-1)15-13-16(15)17-9-12-18-10-5-2-6-11-18/h1,3-4,7-8,15-17H,2,5-6,9-13H2/t15-,16+/m0/s1. The van der Waals surface area contributed by atoms with E-state index in [2.05, 4.69) is 40.5 Å². The summed E-state index contributed by atoms with van der Waals surface area (Å²) in [7, 11) is 0. The Morgan fingerprint density at radius 2 is 1.83 bits per heavy atom. The fourth-order valence-corrected chi connectivity index (χ4v) is 3.08. The van der Waals surface area contributed by atoms with Crippen LogP contribution in [0.25, 0.3) is 0 Å². The highest BCUT2D eigenvalue weighted by Crippen LogP contribution is 2.40. The van der Waals surface area contributed by atoms with Crippen LogP contribution in [0.15, 0.2) is 30.3 Å². The molecule has 0 bridgehead atoms. The quantitative estimate of drug-likeness (QED) is 0.856. The van der Waals surface area contributed by atoms with Crippen molar-refractivity contribution < 1.29 is 0 Å². The summed E-state index contributed by atoms with van der Waals surface area (Å²) in [5, 5.41) is 3.71. The van der Waals surface area contributed by atoms with Crippen LogP contribution < -0.4 is 5.32 Å². The largest absolute Gasteiger partial charge is 0.312 e. The molecule has 98 valence electrons. The van der Waals surface area contributed by atoms with Crippen molar-refractivity contribution in [1.82, 2.24) is 10.2 Å². The monoisotopic (exact) mass is 244 g/mol. The highest BCUT2D eigenvalue weighted by Gasteiger charge is 2.37. The van der Waals surface area contributed by atoms with Gasteiger partial charge in [0.15, 0.2) is 0 Å². The number of rotatable bonds is 5. The Morgan fingerprint density at radius 1 is 1.06 bits per heavy atom. The second-order valence-electron chi connectivity index (χ2n) is 5.72. The van der Waals surface area contributed by atoms with Crippen molar-refractivity contribution in [2.75, 3.05) is 26.2 Å². The van der Waals surface area contributed by atoms with E-state index in [1.165, 1.54) is 50.9 Å². The number of likely N-dealkylation sites (tertiary alicyclic amines) is 1. The van der Waals surface area contributed by atoms with Gasteiger partial charge in [0.1, 0.15) is 0 Å². The minimum atomic E-state index is 0.734. The van der Waals surface area contributed by atoms with Gasteiger partial charge in [0.25, 0.3) is 0 Å². The average Bonchev–Trinajstić information content (AvgIpc) is 3.21. The molecule has 2 nitrogen and oxygen atoms in total. The van der Waals surface area contributed by atoms with E-state index in [0.29, 0.717) is 0 Å². The summed E-state index contributed by atoms with van der Waals surface area (Å²) in [6, 6.07) is 11.7. The lowest BCUT2D eigenvalue weighted by atomic mass is 10.1. The van der Waals surface area contributed by atoms with Gasteiger partial charge >= 0.3 is 0 Å². The van der Waals surface area contributed by atoms with E-state index in [-0.39, 0.29) is 0 Å². The molecule has 1 saturated heterocycles. The van der Waals surface area contributed by atoms with Crippen LogP contribution in [0.3, 0.4) is 0 Å². The molecule has 1 aromatic rings. The highest BCUT2D eigenvalue weighted by atomic mass is 15.1. The summed E-state index contributed by atoms with van der Waals surface area (Å²) < 4.78 is 0. The van der Waals surface area contributed by atoms with Crippen LogP contribution >= 0.6 is 0 Å². The Balaban J connectivity index is 1.36. The van der Waals surface area contributed by atoms with Crippen LogP contribution in [0.5, 0.6) is 0 Å². The third-order valence-corrected chi connectivity index (χ3v) is 4.30. The van der Waals surface area contributed by atoms with Crippen molar-refractivity contribution in [1.29, 1.82) is 0 Å². The predicted octanol–water partition coefficient (Wildman–Crippen LogP) is 2.62. The molecule has 18 heavy (non-hydrogen) atoms. The molecule has 0 radical (unpaired) electrons. The zero-order chi connectivity index (χ0) is 12.2. The number of benzene rings is 1. The van der Waals surface area contributed by atoms with Crippen molar-refractivity contribution in [3.05, 3.63) is 35.9 Å². The third-order valence-electron chi connectivity index (χ3n) is 4.30.